The average molecular weight is 422 g/mol. The molecule has 0 radical (unpaired) electrons. The maximum Gasteiger partial charge on any atom is 0.227 e. The minimum absolute atomic E-state index is 0.0570. The van der Waals surface area contributed by atoms with Crippen molar-refractivity contribution < 1.29 is 14.3 Å². The summed E-state index contributed by atoms with van der Waals surface area (Å²) >= 11 is 0. The van der Waals surface area contributed by atoms with E-state index in [4.69, 9.17) is 4.74 Å². The van der Waals surface area contributed by atoms with Gasteiger partial charge in [0.1, 0.15) is 0 Å². The molecule has 3 heterocycles. The maximum absolute atomic E-state index is 13.2. The molecule has 2 amide bonds. The summed E-state index contributed by atoms with van der Waals surface area (Å²) in [7, 11) is 0. The van der Waals surface area contributed by atoms with Crippen LogP contribution in [-0.2, 0) is 27.2 Å². The van der Waals surface area contributed by atoms with Crippen LogP contribution in [0.4, 0.5) is 0 Å². The second-order valence-electron chi connectivity index (χ2n) is 8.86. The zero-order valence-electron chi connectivity index (χ0n) is 18.2. The van der Waals surface area contributed by atoms with Gasteiger partial charge < -0.3 is 15.0 Å². The number of pyridine rings is 1. The van der Waals surface area contributed by atoms with Crippen molar-refractivity contribution >= 4 is 11.8 Å². The van der Waals surface area contributed by atoms with E-state index in [-0.39, 0.29) is 23.1 Å². The fourth-order valence-electron chi connectivity index (χ4n) is 4.80. The lowest BCUT2D eigenvalue weighted by Crippen LogP contribution is -2.44. The van der Waals surface area contributed by atoms with E-state index in [0.29, 0.717) is 39.3 Å². The van der Waals surface area contributed by atoms with Gasteiger partial charge in [0.2, 0.25) is 11.8 Å². The maximum atomic E-state index is 13.2. The van der Waals surface area contributed by atoms with Crippen molar-refractivity contribution in [2.24, 2.45) is 11.3 Å². The third kappa shape index (κ3) is 5.13. The van der Waals surface area contributed by atoms with Crippen molar-refractivity contribution in [3.05, 3.63) is 65.5 Å². The van der Waals surface area contributed by atoms with Gasteiger partial charge in [-0.1, -0.05) is 29.8 Å². The number of rotatable bonds is 6. The number of aromatic nitrogens is 1. The van der Waals surface area contributed by atoms with Crippen LogP contribution in [0.5, 0.6) is 0 Å². The van der Waals surface area contributed by atoms with E-state index in [9.17, 15) is 9.59 Å². The minimum atomic E-state index is -0.184. The Kier molecular flexibility index (Phi) is 6.66. The molecule has 1 aromatic heterocycles. The Morgan fingerprint density at radius 3 is 2.52 bits per heavy atom. The molecule has 1 spiro atoms. The molecule has 0 saturated carbocycles. The Balaban J connectivity index is 1.40. The largest absolute Gasteiger partial charge is 0.381 e. The van der Waals surface area contributed by atoms with Crippen LogP contribution in [0.3, 0.4) is 0 Å². The molecule has 2 fully saturated rings. The molecule has 0 bridgehead atoms. The predicted molar refractivity (Wildman–Crippen MR) is 118 cm³/mol. The molecule has 6 nitrogen and oxygen atoms in total. The zero-order valence-corrected chi connectivity index (χ0v) is 18.2. The molecule has 2 aromatic rings. The number of aryl methyl sites for hydroxylation is 1. The highest BCUT2D eigenvalue weighted by Gasteiger charge is 2.51. The van der Waals surface area contributed by atoms with Crippen LogP contribution in [0.2, 0.25) is 0 Å². The van der Waals surface area contributed by atoms with Gasteiger partial charge in [-0.15, -0.1) is 0 Å². The number of carbonyl (C=O) groups excluding carboxylic acids is 2. The van der Waals surface area contributed by atoms with Gasteiger partial charge in [-0.2, -0.15) is 0 Å². The normalized spacial score (nSPS) is 20.0. The van der Waals surface area contributed by atoms with E-state index in [2.05, 4.69) is 10.3 Å². The van der Waals surface area contributed by atoms with Crippen molar-refractivity contribution in [2.75, 3.05) is 32.8 Å². The smallest absolute Gasteiger partial charge is 0.227 e. The molecule has 0 aliphatic carbocycles. The van der Waals surface area contributed by atoms with E-state index in [1.54, 1.807) is 12.4 Å². The number of ether oxygens (including phenoxy) is 1. The lowest BCUT2D eigenvalue weighted by molar-refractivity contribution is -0.130. The second-order valence-corrected chi connectivity index (χ2v) is 8.86. The van der Waals surface area contributed by atoms with Crippen molar-refractivity contribution in [2.45, 2.75) is 32.6 Å². The lowest BCUT2D eigenvalue weighted by atomic mass is 9.71. The van der Waals surface area contributed by atoms with Crippen LogP contribution in [0, 0.1) is 18.3 Å². The Labute approximate surface area is 184 Å². The van der Waals surface area contributed by atoms with Crippen LogP contribution < -0.4 is 5.32 Å². The summed E-state index contributed by atoms with van der Waals surface area (Å²) in [5.74, 6) is -0.0285. The highest BCUT2D eigenvalue weighted by molar-refractivity contribution is 5.84. The fourth-order valence-corrected chi connectivity index (χ4v) is 4.80. The van der Waals surface area contributed by atoms with Crippen LogP contribution in [0.15, 0.2) is 48.8 Å². The predicted octanol–water partition coefficient (Wildman–Crippen LogP) is 2.55. The summed E-state index contributed by atoms with van der Waals surface area (Å²) < 4.78 is 5.58. The summed E-state index contributed by atoms with van der Waals surface area (Å²) in [4.78, 5) is 32.2. The number of hydrogen-bond acceptors (Lipinski definition) is 4. The summed E-state index contributed by atoms with van der Waals surface area (Å²) in [6.07, 6.45) is 6.33. The number of carbonyl (C=O) groups is 2. The molecule has 1 unspecified atom stereocenters. The van der Waals surface area contributed by atoms with Crippen molar-refractivity contribution in [3.8, 4) is 0 Å². The van der Waals surface area contributed by atoms with E-state index in [1.807, 2.05) is 48.2 Å². The van der Waals surface area contributed by atoms with Gasteiger partial charge in [0.25, 0.3) is 0 Å². The Morgan fingerprint density at radius 2 is 1.81 bits per heavy atom. The molecule has 31 heavy (non-hydrogen) atoms. The number of hydrogen-bond donors (Lipinski definition) is 1. The number of nitrogens with zero attached hydrogens (tertiary/aromatic N) is 2. The molecule has 2 aliphatic rings. The van der Waals surface area contributed by atoms with Gasteiger partial charge in [-0.3, -0.25) is 14.6 Å². The Hall–Kier alpha value is -2.73. The van der Waals surface area contributed by atoms with Crippen molar-refractivity contribution in [1.29, 1.82) is 0 Å². The first-order valence-electron chi connectivity index (χ1n) is 11.1. The van der Waals surface area contributed by atoms with Gasteiger partial charge in [0.15, 0.2) is 0 Å². The summed E-state index contributed by atoms with van der Waals surface area (Å²) in [5, 5.41) is 3.12. The lowest BCUT2D eigenvalue weighted by Gasteiger charge is -2.37. The molecular weight excluding hydrogens is 390 g/mol. The molecule has 1 N–H and O–H groups in total. The first kappa shape index (κ1) is 21.5. The SMILES string of the molecule is Cc1ccc(CC(=O)N2CC(C(=O)NCCc3ccncc3)C3(CCOCC3)C2)cc1. The molecular formula is C25H31N3O3. The van der Waals surface area contributed by atoms with Gasteiger partial charge in [0.05, 0.1) is 12.3 Å². The molecule has 4 rings (SSSR count). The zero-order chi connectivity index (χ0) is 21.7. The van der Waals surface area contributed by atoms with Crippen LogP contribution >= 0.6 is 0 Å². The van der Waals surface area contributed by atoms with Crippen LogP contribution in [0.1, 0.15) is 29.5 Å². The topological polar surface area (TPSA) is 71.5 Å². The average Bonchev–Trinajstić information content (AvgIpc) is 3.15. The van der Waals surface area contributed by atoms with Crippen molar-refractivity contribution in [3.63, 3.8) is 0 Å². The number of likely N-dealkylation sites (tertiary alicyclic amines) is 1. The van der Waals surface area contributed by atoms with Crippen LogP contribution in [0.25, 0.3) is 0 Å². The number of amides is 2. The second kappa shape index (κ2) is 9.60. The minimum Gasteiger partial charge on any atom is -0.381 e. The molecule has 2 saturated heterocycles. The Morgan fingerprint density at radius 1 is 1.10 bits per heavy atom. The van der Waals surface area contributed by atoms with E-state index < -0.39 is 0 Å². The van der Waals surface area contributed by atoms with E-state index >= 15 is 0 Å². The van der Waals surface area contributed by atoms with Gasteiger partial charge in [-0.25, -0.2) is 0 Å². The first-order valence-corrected chi connectivity index (χ1v) is 11.1. The fraction of sp³-hybridized carbons (Fsp3) is 0.480. The third-order valence-corrected chi connectivity index (χ3v) is 6.74. The van der Waals surface area contributed by atoms with Gasteiger partial charge >= 0.3 is 0 Å². The molecule has 1 aromatic carbocycles. The monoisotopic (exact) mass is 421 g/mol. The van der Waals surface area contributed by atoms with Crippen LogP contribution in [-0.4, -0.2) is 54.5 Å². The summed E-state index contributed by atoms with van der Waals surface area (Å²) in [6.45, 7) is 5.07. The molecule has 2 aliphatic heterocycles. The molecule has 164 valence electrons. The van der Waals surface area contributed by atoms with E-state index in [1.165, 1.54) is 5.56 Å². The van der Waals surface area contributed by atoms with Crippen molar-refractivity contribution in [1.82, 2.24) is 15.2 Å². The van der Waals surface area contributed by atoms with Gasteiger partial charge in [0, 0.05) is 50.7 Å². The quantitative estimate of drug-likeness (QED) is 0.778. The molecule has 1 atom stereocenters. The number of nitrogens with one attached hydrogen (secondary N) is 1. The summed E-state index contributed by atoms with van der Waals surface area (Å²) in [5.41, 5.74) is 3.17. The Bertz CT molecular complexity index is 892. The summed E-state index contributed by atoms with van der Waals surface area (Å²) in [6, 6.07) is 12.0. The highest BCUT2D eigenvalue weighted by atomic mass is 16.5. The number of benzene rings is 1. The first-order chi connectivity index (χ1) is 15.1. The van der Waals surface area contributed by atoms with E-state index in [0.717, 1.165) is 30.4 Å². The standard InChI is InChI=1S/C25H31N3O3/c1-19-2-4-21(5-3-19)16-23(29)28-17-22(25(18-28)9-14-31-15-10-25)24(30)27-13-8-20-6-11-26-12-7-20/h2-7,11-12,22H,8-10,13-18H2,1H3,(H,27,30). The highest BCUT2D eigenvalue weighted by Crippen LogP contribution is 2.44. The van der Waals surface area contributed by atoms with Gasteiger partial charge in [-0.05, 0) is 49.4 Å². The molecule has 6 heteroatoms. The third-order valence-electron chi connectivity index (χ3n) is 6.74.